The Balaban J connectivity index is 1.29. The van der Waals surface area contributed by atoms with E-state index in [0.717, 1.165) is 37.1 Å². The molecule has 13 heteroatoms. The van der Waals surface area contributed by atoms with E-state index in [1.807, 2.05) is 11.0 Å². The molecule has 2 bridgehead atoms. The van der Waals surface area contributed by atoms with E-state index in [1.165, 1.54) is 12.1 Å². The molecule has 8 rings (SSSR count). The average Bonchev–Trinajstić information content (AvgIpc) is 3.72. The molecule has 3 N–H and O–H groups in total. The van der Waals surface area contributed by atoms with E-state index < -0.39 is 29.4 Å². The number of hydrogen-bond acceptors (Lipinski definition) is 9. The van der Waals surface area contributed by atoms with Gasteiger partial charge in [-0.1, -0.05) is 17.7 Å². The fraction of sp³-hybridized carbons (Fsp3) is 0.469. The molecule has 3 aliphatic heterocycles. The topological polar surface area (TPSA) is 112 Å². The summed E-state index contributed by atoms with van der Waals surface area (Å²) in [5, 5.41) is 21.2. The molecule has 1 saturated carbocycles. The first kappa shape index (κ1) is 29.1. The molecular weight excluding hydrogens is 625 g/mol. The van der Waals surface area contributed by atoms with E-state index in [-0.39, 0.29) is 66.8 Å². The van der Waals surface area contributed by atoms with Crippen LogP contribution in [0.2, 0.25) is 5.02 Å². The van der Waals surface area contributed by atoms with Gasteiger partial charge in [0, 0.05) is 48.3 Å². The minimum Gasteiger partial charge on any atom is -0.461 e. The number of aromatic nitrogens is 2. The van der Waals surface area contributed by atoms with Crippen LogP contribution in [0.5, 0.6) is 6.01 Å². The molecule has 0 radical (unpaired) electrons. The highest BCUT2D eigenvalue weighted by Crippen LogP contribution is 2.47. The lowest BCUT2D eigenvalue weighted by Crippen LogP contribution is -2.43. The zero-order chi connectivity index (χ0) is 31.2. The van der Waals surface area contributed by atoms with Gasteiger partial charge in [-0.15, -0.1) is 11.3 Å². The predicted octanol–water partition coefficient (Wildman–Crippen LogP) is 6.06. The van der Waals surface area contributed by atoms with Gasteiger partial charge in [-0.3, -0.25) is 4.90 Å². The fourth-order valence-electron chi connectivity index (χ4n) is 8.27. The molecule has 4 aromatic rings. The van der Waals surface area contributed by atoms with E-state index in [9.17, 15) is 19.1 Å². The Labute approximate surface area is 266 Å². The van der Waals surface area contributed by atoms with Crippen LogP contribution in [-0.4, -0.2) is 70.6 Å². The summed E-state index contributed by atoms with van der Waals surface area (Å²) in [5.74, 6) is -0.570. The van der Waals surface area contributed by atoms with Crippen LogP contribution >= 0.6 is 22.9 Å². The number of nitrogens with two attached hydrogens (primary N) is 1. The number of ether oxygens (including phenoxy) is 1. The van der Waals surface area contributed by atoms with Gasteiger partial charge in [0.25, 0.3) is 0 Å². The molecular formula is C32H30ClF3N6O2S. The van der Waals surface area contributed by atoms with E-state index in [1.54, 1.807) is 6.07 Å². The number of aliphatic hydroxyl groups excluding tert-OH is 1. The quantitative estimate of drug-likeness (QED) is 0.267. The number of nitrogens with zero attached hydrogens (tertiary/aromatic N) is 5. The van der Waals surface area contributed by atoms with Crippen LogP contribution in [-0.2, 0) is 0 Å². The second-order valence-corrected chi connectivity index (χ2v) is 14.4. The van der Waals surface area contributed by atoms with Crippen molar-refractivity contribution in [2.24, 2.45) is 11.8 Å². The minimum atomic E-state index is -0.934. The summed E-state index contributed by atoms with van der Waals surface area (Å²) in [7, 11) is 0. The summed E-state index contributed by atoms with van der Waals surface area (Å²) in [6, 6.07) is 6.19. The van der Waals surface area contributed by atoms with Crippen molar-refractivity contribution in [2.75, 3.05) is 43.4 Å². The third-order valence-corrected chi connectivity index (χ3v) is 11.6. The van der Waals surface area contributed by atoms with E-state index in [0.29, 0.717) is 43.7 Å². The second kappa shape index (κ2) is 10.6. The number of fused-ring (bicyclic) bond motifs is 5. The highest BCUT2D eigenvalue weighted by atomic mass is 35.5. The van der Waals surface area contributed by atoms with Crippen molar-refractivity contribution in [3.63, 3.8) is 0 Å². The summed E-state index contributed by atoms with van der Waals surface area (Å²) in [4.78, 5) is 13.5. The number of nitriles is 1. The van der Waals surface area contributed by atoms with Gasteiger partial charge in [-0.05, 0) is 55.8 Å². The number of alkyl halides is 1. The summed E-state index contributed by atoms with van der Waals surface area (Å²) < 4.78 is 52.5. The van der Waals surface area contributed by atoms with Crippen LogP contribution in [0, 0.1) is 34.8 Å². The molecule has 0 spiro atoms. The molecule has 0 amide bonds. The van der Waals surface area contributed by atoms with Crippen LogP contribution in [0.1, 0.15) is 37.7 Å². The number of nitrogen functional groups attached to an aromatic ring is 1. The smallest absolute Gasteiger partial charge is 0.319 e. The molecule has 5 heterocycles. The number of aliphatic hydroxyl groups is 1. The number of rotatable bonds is 5. The summed E-state index contributed by atoms with van der Waals surface area (Å²) in [5.41, 5.74) is 5.80. The number of halogens is 4. The Hall–Kier alpha value is -3.37. The minimum absolute atomic E-state index is 0.0339. The fourth-order valence-corrected chi connectivity index (χ4v) is 9.51. The normalized spacial score (nSPS) is 27.9. The van der Waals surface area contributed by atoms with Crippen molar-refractivity contribution >= 4 is 54.7 Å². The lowest BCUT2D eigenvalue weighted by molar-refractivity contribution is 0.107. The Morgan fingerprint density at radius 1 is 1.22 bits per heavy atom. The molecule has 45 heavy (non-hydrogen) atoms. The van der Waals surface area contributed by atoms with Gasteiger partial charge in [0.15, 0.2) is 5.82 Å². The third-order valence-electron chi connectivity index (χ3n) is 10.3. The maximum Gasteiger partial charge on any atom is 0.319 e. The summed E-state index contributed by atoms with van der Waals surface area (Å²) >= 11 is 7.74. The van der Waals surface area contributed by atoms with Crippen LogP contribution in [0.15, 0.2) is 18.2 Å². The maximum absolute atomic E-state index is 16.9. The van der Waals surface area contributed by atoms with Crippen LogP contribution < -0.4 is 15.4 Å². The zero-order valence-electron chi connectivity index (χ0n) is 24.2. The first-order valence-electron chi connectivity index (χ1n) is 15.2. The standard InChI is InChI=1S/C32H30ClF3N6O2S/c33-21-8-19-27(26(36)25(21)18-2-3-22(35)28-24(18)20(10-37)29(38)45-28)39-31(44-14-32-4-1-5-42(32)13-17(34)9-32)40-30(19)41-11-15-6-16(12-41)23(43)7-15/h2-3,8,15-17,23,43H,1,4-7,9,11-14,38H2/t15-,16-,17-,23-,32+/m1/s1. The second-order valence-electron chi connectivity index (χ2n) is 13.0. The van der Waals surface area contributed by atoms with Crippen molar-refractivity contribution in [3.05, 3.63) is 40.4 Å². The summed E-state index contributed by atoms with van der Waals surface area (Å²) in [6.07, 6.45) is 2.36. The number of thiophene rings is 1. The molecule has 5 atom stereocenters. The highest BCUT2D eigenvalue weighted by molar-refractivity contribution is 7.23. The van der Waals surface area contributed by atoms with Gasteiger partial charge in [-0.25, -0.2) is 13.2 Å². The monoisotopic (exact) mass is 654 g/mol. The van der Waals surface area contributed by atoms with Gasteiger partial charge in [-0.2, -0.15) is 15.2 Å². The summed E-state index contributed by atoms with van der Waals surface area (Å²) in [6.45, 7) is 2.49. The Morgan fingerprint density at radius 2 is 2.07 bits per heavy atom. The Morgan fingerprint density at radius 3 is 2.87 bits per heavy atom. The highest BCUT2D eigenvalue weighted by Gasteiger charge is 2.49. The zero-order valence-corrected chi connectivity index (χ0v) is 25.8. The van der Waals surface area contributed by atoms with Gasteiger partial charge < -0.3 is 20.5 Å². The van der Waals surface area contributed by atoms with E-state index in [2.05, 4.69) is 9.88 Å². The number of hydrogen-bond donors (Lipinski definition) is 2. The predicted molar refractivity (Wildman–Crippen MR) is 167 cm³/mol. The molecule has 1 aliphatic carbocycles. The number of benzene rings is 2. The largest absolute Gasteiger partial charge is 0.461 e. The lowest BCUT2D eigenvalue weighted by Gasteiger charge is -2.34. The first-order valence-corrected chi connectivity index (χ1v) is 16.4. The van der Waals surface area contributed by atoms with Gasteiger partial charge in [0.05, 0.1) is 26.9 Å². The molecule has 234 valence electrons. The maximum atomic E-state index is 16.9. The van der Waals surface area contributed by atoms with Gasteiger partial charge in [0.2, 0.25) is 0 Å². The Kier molecular flexibility index (Phi) is 6.84. The number of piperidine rings is 1. The molecule has 2 aromatic carbocycles. The molecule has 4 fully saturated rings. The SMILES string of the molecule is N#Cc1c(N)sc2c(F)ccc(-c3c(Cl)cc4c(N5C[C@@H]6C[C@H](C5)[C@H](O)C6)nc(OC[C@@]56CCCN5C[C@H](F)C6)nc4c3F)c12. The van der Waals surface area contributed by atoms with Crippen molar-refractivity contribution in [2.45, 2.75) is 49.9 Å². The van der Waals surface area contributed by atoms with Crippen molar-refractivity contribution in [3.8, 4) is 23.2 Å². The lowest BCUT2D eigenvalue weighted by atomic mass is 9.95. The first-order chi connectivity index (χ1) is 21.7. The molecule has 2 aromatic heterocycles. The molecule has 4 aliphatic rings. The molecule has 3 saturated heterocycles. The van der Waals surface area contributed by atoms with E-state index >= 15 is 4.39 Å². The van der Waals surface area contributed by atoms with Crippen molar-refractivity contribution < 1.29 is 23.0 Å². The molecule has 0 unspecified atom stereocenters. The number of anilines is 2. The van der Waals surface area contributed by atoms with Crippen LogP contribution in [0.3, 0.4) is 0 Å². The molecule has 8 nitrogen and oxygen atoms in total. The van der Waals surface area contributed by atoms with Crippen molar-refractivity contribution in [1.82, 2.24) is 14.9 Å². The average molecular weight is 655 g/mol. The van der Waals surface area contributed by atoms with E-state index in [4.69, 9.17) is 27.1 Å². The van der Waals surface area contributed by atoms with Crippen LogP contribution in [0.4, 0.5) is 24.0 Å². The van der Waals surface area contributed by atoms with Crippen LogP contribution in [0.25, 0.3) is 32.1 Å². The van der Waals surface area contributed by atoms with Crippen molar-refractivity contribution in [1.29, 1.82) is 5.26 Å². The van der Waals surface area contributed by atoms with Gasteiger partial charge >= 0.3 is 6.01 Å². The Bertz CT molecular complexity index is 1920. The van der Waals surface area contributed by atoms with Gasteiger partial charge in [0.1, 0.15) is 41.0 Å². The third kappa shape index (κ3) is 4.53.